The number of nitrogens with zero attached hydrogens (tertiary/aromatic N) is 2. The van der Waals surface area contributed by atoms with Crippen LogP contribution in [0, 0.1) is 0 Å². The Hall–Kier alpha value is -0.570. The molecule has 0 unspecified atom stereocenters. The van der Waals surface area contributed by atoms with E-state index in [1.807, 2.05) is 0 Å². The maximum atomic E-state index is 11.6. The Morgan fingerprint density at radius 1 is 1.43 bits per heavy atom. The zero-order valence-corrected chi connectivity index (χ0v) is 14.0. The number of carbonyl (C=O) groups is 1. The zero-order valence-electron chi connectivity index (χ0n) is 12.4. The summed E-state index contributed by atoms with van der Waals surface area (Å²) in [5.41, 5.74) is 0. The van der Waals surface area contributed by atoms with E-state index in [-0.39, 0.29) is 11.2 Å². The Kier molecular flexibility index (Phi) is 7.01. The van der Waals surface area contributed by atoms with E-state index in [0.29, 0.717) is 6.54 Å². The molecule has 0 amide bonds. The summed E-state index contributed by atoms with van der Waals surface area (Å²) in [5.74, 6) is 0.728. The number of thiocarbonyl (C=S) groups is 1. The highest BCUT2D eigenvalue weighted by molar-refractivity contribution is 8.00. The van der Waals surface area contributed by atoms with Crippen LogP contribution in [0.1, 0.15) is 0 Å². The first-order chi connectivity index (χ1) is 10.2. The highest BCUT2D eigenvalue weighted by Crippen LogP contribution is 2.19. The van der Waals surface area contributed by atoms with Gasteiger partial charge in [-0.25, -0.2) is 0 Å². The van der Waals surface area contributed by atoms with Crippen molar-refractivity contribution in [2.45, 2.75) is 5.25 Å². The van der Waals surface area contributed by atoms with Crippen LogP contribution in [0.5, 0.6) is 0 Å². The fraction of sp³-hybridized carbons (Fsp3) is 0.846. The third-order valence-corrected chi connectivity index (χ3v) is 5.19. The molecule has 2 heterocycles. The van der Waals surface area contributed by atoms with E-state index < -0.39 is 0 Å². The molecule has 8 heteroatoms. The van der Waals surface area contributed by atoms with Crippen molar-refractivity contribution in [3.63, 3.8) is 0 Å². The normalized spacial score (nSPS) is 23.7. The van der Waals surface area contributed by atoms with E-state index in [0.717, 1.165) is 56.8 Å². The fourth-order valence-corrected chi connectivity index (χ4v) is 3.76. The molecular weight excluding hydrogens is 310 g/mol. The Bertz CT molecular complexity index is 365. The van der Waals surface area contributed by atoms with E-state index in [9.17, 15) is 4.79 Å². The molecule has 2 saturated heterocycles. The summed E-state index contributed by atoms with van der Waals surface area (Å²) in [6.07, 6.45) is 0. The second kappa shape index (κ2) is 8.77. The molecule has 2 rings (SSSR count). The summed E-state index contributed by atoms with van der Waals surface area (Å²) in [5, 5.41) is 3.89. The van der Waals surface area contributed by atoms with Crippen molar-refractivity contribution in [1.29, 1.82) is 0 Å². The van der Waals surface area contributed by atoms with Crippen molar-refractivity contribution in [3.05, 3.63) is 0 Å². The molecule has 6 nitrogen and oxygen atoms in total. The van der Waals surface area contributed by atoms with Crippen LogP contribution in [0.25, 0.3) is 0 Å². The summed E-state index contributed by atoms with van der Waals surface area (Å²) in [6.45, 7) is 6.89. The molecule has 0 aromatic carbocycles. The summed E-state index contributed by atoms with van der Waals surface area (Å²) >= 11 is 7.06. The van der Waals surface area contributed by atoms with Crippen LogP contribution in [-0.4, -0.2) is 91.5 Å². The Morgan fingerprint density at radius 2 is 2.19 bits per heavy atom. The standard InChI is InChI=1S/C13H23N3O3S2/c1-18-12(17)11-10-16(6-9-21-11)13(20)14-2-3-15-4-7-19-8-5-15/h11H,2-10H2,1H3,(H,14,20)/t11-/m0/s1. The lowest BCUT2D eigenvalue weighted by atomic mass is 10.3. The molecule has 120 valence electrons. The predicted molar refractivity (Wildman–Crippen MR) is 87.7 cm³/mol. The number of carbonyl (C=O) groups excluding carboxylic acids is 1. The van der Waals surface area contributed by atoms with E-state index in [1.54, 1.807) is 11.8 Å². The molecular formula is C13H23N3O3S2. The lowest BCUT2D eigenvalue weighted by Gasteiger charge is -2.33. The molecule has 0 radical (unpaired) electrons. The highest BCUT2D eigenvalue weighted by Gasteiger charge is 2.28. The first-order valence-corrected chi connectivity index (χ1v) is 8.68. The number of methoxy groups -OCH3 is 1. The van der Waals surface area contributed by atoms with Gasteiger partial charge in [0.25, 0.3) is 0 Å². The Morgan fingerprint density at radius 3 is 2.90 bits per heavy atom. The van der Waals surface area contributed by atoms with E-state index in [1.165, 1.54) is 7.11 Å². The zero-order chi connectivity index (χ0) is 15.1. The molecule has 0 aromatic heterocycles. The van der Waals surface area contributed by atoms with Crippen molar-refractivity contribution in [2.24, 2.45) is 0 Å². The first-order valence-electron chi connectivity index (χ1n) is 7.23. The van der Waals surface area contributed by atoms with Gasteiger partial charge in [0.15, 0.2) is 5.11 Å². The van der Waals surface area contributed by atoms with Gasteiger partial charge in [-0.15, -0.1) is 11.8 Å². The molecule has 21 heavy (non-hydrogen) atoms. The van der Waals surface area contributed by atoms with E-state index >= 15 is 0 Å². The van der Waals surface area contributed by atoms with Crippen LogP contribution in [0.4, 0.5) is 0 Å². The molecule has 1 N–H and O–H groups in total. The van der Waals surface area contributed by atoms with Gasteiger partial charge >= 0.3 is 5.97 Å². The number of ether oxygens (including phenoxy) is 2. The molecule has 0 spiro atoms. The van der Waals surface area contributed by atoms with Crippen LogP contribution < -0.4 is 5.32 Å². The third-order valence-electron chi connectivity index (χ3n) is 3.63. The van der Waals surface area contributed by atoms with E-state index in [2.05, 4.69) is 15.1 Å². The van der Waals surface area contributed by atoms with Gasteiger partial charge in [0.2, 0.25) is 0 Å². The SMILES string of the molecule is COC(=O)[C@@H]1CN(C(=S)NCCN2CCOCC2)CCS1. The number of hydrogen-bond donors (Lipinski definition) is 1. The quantitative estimate of drug-likeness (QED) is 0.560. The minimum absolute atomic E-state index is 0.136. The van der Waals surface area contributed by atoms with Crippen molar-refractivity contribution in [2.75, 3.05) is 65.3 Å². The van der Waals surface area contributed by atoms with Crippen LogP contribution in [-0.2, 0) is 14.3 Å². The lowest BCUT2D eigenvalue weighted by molar-refractivity contribution is -0.140. The fourth-order valence-electron chi connectivity index (χ4n) is 2.37. The van der Waals surface area contributed by atoms with Crippen molar-refractivity contribution < 1.29 is 14.3 Å². The van der Waals surface area contributed by atoms with Gasteiger partial charge in [0.1, 0.15) is 5.25 Å². The molecule has 0 bridgehead atoms. The number of morpholine rings is 1. The van der Waals surface area contributed by atoms with Crippen LogP contribution in [0.15, 0.2) is 0 Å². The van der Waals surface area contributed by atoms with Gasteiger partial charge in [-0.05, 0) is 12.2 Å². The first kappa shape index (κ1) is 16.8. The maximum absolute atomic E-state index is 11.6. The van der Waals surface area contributed by atoms with Crippen LogP contribution in [0.3, 0.4) is 0 Å². The van der Waals surface area contributed by atoms with Gasteiger partial charge in [-0.3, -0.25) is 9.69 Å². The van der Waals surface area contributed by atoms with Crippen molar-refractivity contribution >= 4 is 35.1 Å². The van der Waals surface area contributed by atoms with Gasteiger partial charge in [0, 0.05) is 45.0 Å². The van der Waals surface area contributed by atoms with Crippen molar-refractivity contribution in [1.82, 2.24) is 15.1 Å². The topological polar surface area (TPSA) is 54.0 Å². The maximum Gasteiger partial charge on any atom is 0.320 e. The van der Waals surface area contributed by atoms with Gasteiger partial charge in [-0.1, -0.05) is 0 Å². The third kappa shape index (κ3) is 5.28. The largest absolute Gasteiger partial charge is 0.468 e. The van der Waals surface area contributed by atoms with Gasteiger partial charge in [-0.2, -0.15) is 0 Å². The molecule has 2 aliphatic heterocycles. The average Bonchev–Trinajstić information content (AvgIpc) is 2.55. The monoisotopic (exact) mass is 333 g/mol. The van der Waals surface area contributed by atoms with Gasteiger partial charge in [0.05, 0.1) is 20.3 Å². The number of nitrogens with one attached hydrogen (secondary N) is 1. The average molecular weight is 333 g/mol. The van der Waals surface area contributed by atoms with Crippen molar-refractivity contribution in [3.8, 4) is 0 Å². The van der Waals surface area contributed by atoms with E-state index in [4.69, 9.17) is 21.7 Å². The van der Waals surface area contributed by atoms with Crippen LogP contribution >= 0.6 is 24.0 Å². The lowest BCUT2D eigenvalue weighted by Crippen LogP contribution is -2.50. The molecule has 0 saturated carbocycles. The second-order valence-corrected chi connectivity index (χ2v) is 6.71. The summed E-state index contributed by atoms with van der Waals surface area (Å²) in [6, 6.07) is 0. The molecule has 1 atom stereocenters. The summed E-state index contributed by atoms with van der Waals surface area (Å²) < 4.78 is 10.1. The molecule has 0 aliphatic carbocycles. The molecule has 2 fully saturated rings. The number of esters is 1. The number of rotatable bonds is 4. The molecule has 0 aromatic rings. The van der Waals surface area contributed by atoms with Gasteiger partial charge < -0.3 is 19.7 Å². The Balaban J connectivity index is 1.68. The summed E-state index contributed by atoms with van der Waals surface area (Å²) in [7, 11) is 1.43. The molecule has 2 aliphatic rings. The van der Waals surface area contributed by atoms with Crippen LogP contribution in [0.2, 0.25) is 0 Å². The minimum atomic E-state index is -0.166. The second-order valence-electron chi connectivity index (χ2n) is 5.01. The smallest absolute Gasteiger partial charge is 0.320 e. The summed E-state index contributed by atoms with van der Waals surface area (Å²) in [4.78, 5) is 16.0. The predicted octanol–water partition coefficient (Wildman–Crippen LogP) is -0.216. The highest BCUT2D eigenvalue weighted by atomic mass is 32.2. The number of hydrogen-bond acceptors (Lipinski definition) is 6. The number of thioether (sulfide) groups is 1. The Labute approximate surface area is 135 Å². The minimum Gasteiger partial charge on any atom is -0.468 e.